The molecule has 29 heavy (non-hydrogen) atoms. The average Bonchev–Trinajstić information content (AvgIpc) is 3.33. The van der Waals surface area contributed by atoms with E-state index in [1.807, 2.05) is 23.1 Å². The highest BCUT2D eigenvalue weighted by Crippen LogP contribution is 2.27. The molecule has 0 atom stereocenters. The zero-order chi connectivity index (χ0) is 20.4. The number of nitrogens with one attached hydrogen (secondary N) is 1. The molecule has 1 N–H and O–H groups in total. The molecule has 3 heterocycles. The van der Waals surface area contributed by atoms with Crippen LogP contribution in [0.5, 0.6) is 5.75 Å². The Hall–Kier alpha value is -3.29. The number of ether oxygens (including phenoxy) is 1. The maximum Gasteiger partial charge on any atom is 0.228 e. The van der Waals surface area contributed by atoms with Crippen LogP contribution in [0.4, 0.5) is 5.82 Å². The number of fused-ring (bicyclic) bond motifs is 1. The van der Waals surface area contributed by atoms with Crippen LogP contribution in [-0.2, 0) is 16.0 Å². The molecule has 1 aliphatic heterocycles. The highest BCUT2D eigenvalue weighted by atomic mass is 16.5. The Kier molecular flexibility index (Phi) is 5.24. The molecule has 8 nitrogen and oxygen atoms in total. The normalized spacial score (nSPS) is 14.9. The van der Waals surface area contributed by atoms with E-state index >= 15 is 0 Å². The van der Waals surface area contributed by atoms with Crippen LogP contribution in [0.25, 0.3) is 11.0 Å². The molecule has 0 radical (unpaired) electrons. The first kappa shape index (κ1) is 19.0. The van der Waals surface area contributed by atoms with Gasteiger partial charge in [0.05, 0.1) is 19.8 Å². The minimum atomic E-state index is -0.140. The number of carbonyl (C=O) groups is 2. The summed E-state index contributed by atoms with van der Waals surface area (Å²) in [4.78, 5) is 26.9. The average molecular weight is 397 g/mol. The number of aromatic nitrogens is 1. The Morgan fingerprint density at radius 1 is 1.28 bits per heavy atom. The molecule has 2 aromatic heterocycles. The quantitative estimate of drug-likeness (QED) is 0.710. The van der Waals surface area contributed by atoms with Gasteiger partial charge in [-0.1, -0.05) is 5.16 Å². The van der Waals surface area contributed by atoms with Crippen molar-refractivity contribution in [2.24, 2.45) is 5.92 Å². The van der Waals surface area contributed by atoms with Crippen LogP contribution in [0, 0.1) is 12.8 Å². The summed E-state index contributed by atoms with van der Waals surface area (Å²) in [5, 5.41) is 7.47. The van der Waals surface area contributed by atoms with E-state index in [0.29, 0.717) is 48.8 Å². The van der Waals surface area contributed by atoms with Crippen molar-refractivity contribution in [3.63, 3.8) is 0 Å². The van der Waals surface area contributed by atoms with Crippen LogP contribution in [0.1, 0.15) is 24.2 Å². The largest absolute Gasteiger partial charge is 0.497 e. The fraction of sp³-hybridized carbons (Fsp3) is 0.381. The molecular formula is C21H23N3O5. The Labute approximate surface area is 167 Å². The molecule has 0 aliphatic carbocycles. The number of rotatable bonds is 5. The fourth-order valence-electron chi connectivity index (χ4n) is 3.65. The van der Waals surface area contributed by atoms with Gasteiger partial charge >= 0.3 is 0 Å². The van der Waals surface area contributed by atoms with E-state index in [9.17, 15) is 9.59 Å². The van der Waals surface area contributed by atoms with Gasteiger partial charge in [0.2, 0.25) is 11.8 Å². The SMILES string of the molecule is COc1ccc2c(CC(=O)N3CCC(C(=O)Nc4cc(C)on4)CC3)coc2c1. The van der Waals surface area contributed by atoms with Gasteiger partial charge in [0.1, 0.15) is 17.1 Å². The third-order valence-corrected chi connectivity index (χ3v) is 5.30. The number of nitrogens with zero attached hydrogens (tertiary/aromatic N) is 2. The number of aryl methyl sites for hydroxylation is 1. The van der Waals surface area contributed by atoms with Crippen molar-refractivity contribution >= 4 is 28.6 Å². The molecule has 0 unspecified atom stereocenters. The Morgan fingerprint density at radius 3 is 2.76 bits per heavy atom. The molecule has 3 aromatic rings. The van der Waals surface area contributed by atoms with Crippen LogP contribution in [0.15, 0.2) is 39.5 Å². The predicted octanol–water partition coefficient (Wildman–Crippen LogP) is 3.16. The highest BCUT2D eigenvalue weighted by molar-refractivity contribution is 5.92. The lowest BCUT2D eigenvalue weighted by Gasteiger charge is -2.31. The number of anilines is 1. The molecule has 0 saturated carbocycles. The van der Waals surface area contributed by atoms with E-state index in [-0.39, 0.29) is 24.2 Å². The highest BCUT2D eigenvalue weighted by Gasteiger charge is 2.28. The van der Waals surface area contributed by atoms with Crippen molar-refractivity contribution < 1.29 is 23.3 Å². The number of piperidine rings is 1. The molecule has 1 saturated heterocycles. The lowest BCUT2D eigenvalue weighted by atomic mass is 9.95. The molecule has 0 spiro atoms. The van der Waals surface area contributed by atoms with Gasteiger partial charge in [-0.15, -0.1) is 0 Å². The summed E-state index contributed by atoms with van der Waals surface area (Å²) in [5.74, 6) is 1.60. The zero-order valence-corrected chi connectivity index (χ0v) is 16.4. The van der Waals surface area contributed by atoms with Gasteiger partial charge in [0.25, 0.3) is 0 Å². The van der Waals surface area contributed by atoms with Gasteiger partial charge in [0, 0.05) is 42.1 Å². The second-order valence-electron chi connectivity index (χ2n) is 7.27. The first-order valence-electron chi connectivity index (χ1n) is 9.59. The number of hydrogen-bond donors (Lipinski definition) is 1. The van der Waals surface area contributed by atoms with Gasteiger partial charge in [-0.05, 0) is 31.9 Å². The summed E-state index contributed by atoms with van der Waals surface area (Å²) in [5.41, 5.74) is 1.56. The van der Waals surface area contributed by atoms with Crippen molar-refractivity contribution in [3.8, 4) is 5.75 Å². The van der Waals surface area contributed by atoms with Crippen LogP contribution < -0.4 is 10.1 Å². The standard InChI is InChI=1S/C21H23N3O5/c1-13-9-19(23-29-13)22-21(26)14-5-7-24(8-6-14)20(25)10-15-12-28-18-11-16(27-2)3-4-17(15)18/h3-4,9,11-12,14H,5-8,10H2,1-2H3,(H,22,23,26). The Morgan fingerprint density at radius 2 is 2.07 bits per heavy atom. The second-order valence-corrected chi connectivity index (χ2v) is 7.27. The molecule has 2 amide bonds. The number of methoxy groups -OCH3 is 1. The van der Waals surface area contributed by atoms with Gasteiger partial charge in [-0.25, -0.2) is 0 Å². The van der Waals surface area contributed by atoms with Crippen molar-refractivity contribution in [3.05, 3.63) is 41.9 Å². The first-order chi connectivity index (χ1) is 14.0. The Balaban J connectivity index is 1.32. The predicted molar refractivity (Wildman–Crippen MR) is 106 cm³/mol. The van der Waals surface area contributed by atoms with Crippen molar-refractivity contribution in [1.82, 2.24) is 10.1 Å². The molecule has 1 fully saturated rings. The third-order valence-electron chi connectivity index (χ3n) is 5.30. The van der Waals surface area contributed by atoms with E-state index in [1.54, 1.807) is 26.4 Å². The molecule has 4 rings (SSSR count). The second kappa shape index (κ2) is 7.98. The van der Waals surface area contributed by atoms with Gasteiger partial charge < -0.3 is 23.9 Å². The maximum atomic E-state index is 12.7. The number of likely N-dealkylation sites (tertiary alicyclic amines) is 1. The fourth-order valence-corrected chi connectivity index (χ4v) is 3.65. The zero-order valence-electron chi connectivity index (χ0n) is 16.4. The third kappa shape index (κ3) is 4.11. The maximum absolute atomic E-state index is 12.7. The van der Waals surface area contributed by atoms with E-state index in [1.165, 1.54) is 0 Å². The number of hydrogen-bond acceptors (Lipinski definition) is 6. The minimum absolute atomic E-state index is 0.0366. The molecule has 1 aromatic carbocycles. The van der Waals surface area contributed by atoms with Crippen molar-refractivity contribution in [2.45, 2.75) is 26.2 Å². The summed E-state index contributed by atoms with van der Waals surface area (Å²) in [6.45, 7) is 2.88. The smallest absolute Gasteiger partial charge is 0.228 e. The lowest BCUT2D eigenvalue weighted by Crippen LogP contribution is -2.42. The molecule has 152 valence electrons. The van der Waals surface area contributed by atoms with Crippen LogP contribution in [0.2, 0.25) is 0 Å². The minimum Gasteiger partial charge on any atom is -0.497 e. The Bertz CT molecular complexity index is 1030. The molecule has 8 heteroatoms. The van der Waals surface area contributed by atoms with E-state index in [2.05, 4.69) is 10.5 Å². The monoisotopic (exact) mass is 397 g/mol. The molecular weight excluding hydrogens is 374 g/mol. The lowest BCUT2D eigenvalue weighted by molar-refractivity contribution is -0.133. The number of carbonyl (C=O) groups excluding carboxylic acids is 2. The molecule has 0 bridgehead atoms. The van der Waals surface area contributed by atoms with Gasteiger partial charge in [-0.3, -0.25) is 9.59 Å². The van der Waals surface area contributed by atoms with Crippen molar-refractivity contribution in [2.75, 3.05) is 25.5 Å². The van der Waals surface area contributed by atoms with Crippen LogP contribution >= 0.6 is 0 Å². The number of furan rings is 1. The van der Waals surface area contributed by atoms with E-state index < -0.39 is 0 Å². The number of benzene rings is 1. The molecule has 1 aliphatic rings. The number of amides is 2. The van der Waals surface area contributed by atoms with Crippen molar-refractivity contribution in [1.29, 1.82) is 0 Å². The first-order valence-corrected chi connectivity index (χ1v) is 9.59. The topological polar surface area (TPSA) is 97.8 Å². The summed E-state index contributed by atoms with van der Waals surface area (Å²) < 4.78 is 15.7. The van der Waals surface area contributed by atoms with Gasteiger partial charge in [0.15, 0.2) is 5.82 Å². The van der Waals surface area contributed by atoms with Crippen LogP contribution in [0.3, 0.4) is 0 Å². The van der Waals surface area contributed by atoms with E-state index in [4.69, 9.17) is 13.7 Å². The summed E-state index contributed by atoms with van der Waals surface area (Å²) in [6, 6.07) is 7.25. The van der Waals surface area contributed by atoms with Crippen LogP contribution in [-0.4, -0.2) is 42.1 Å². The van der Waals surface area contributed by atoms with Gasteiger partial charge in [-0.2, -0.15) is 0 Å². The summed E-state index contributed by atoms with van der Waals surface area (Å²) in [6.07, 6.45) is 3.14. The van der Waals surface area contributed by atoms with E-state index in [0.717, 1.165) is 10.9 Å². The summed E-state index contributed by atoms with van der Waals surface area (Å²) >= 11 is 0. The summed E-state index contributed by atoms with van der Waals surface area (Å²) in [7, 11) is 1.60.